The molecule has 0 aliphatic rings. The molecule has 4 rings (SSSR count). The number of aromatic nitrogens is 4. The Morgan fingerprint density at radius 3 is 2.62 bits per heavy atom. The first-order valence-electron chi connectivity index (χ1n) is 8.85. The molecule has 9 heteroatoms. The van der Waals surface area contributed by atoms with Gasteiger partial charge < -0.3 is 14.5 Å². The fourth-order valence-electron chi connectivity index (χ4n) is 2.68. The molecule has 0 aliphatic carbocycles. The van der Waals surface area contributed by atoms with Crippen molar-refractivity contribution in [3.63, 3.8) is 0 Å². The summed E-state index contributed by atoms with van der Waals surface area (Å²) in [5.74, 6) is 0.482. The van der Waals surface area contributed by atoms with Crippen molar-refractivity contribution in [1.29, 1.82) is 0 Å². The highest BCUT2D eigenvalue weighted by Crippen LogP contribution is 2.27. The van der Waals surface area contributed by atoms with Crippen LogP contribution >= 0.6 is 11.6 Å². The van der Waals surface area contributed by atoms with E-state index in [-0.39, 0.29) is 5.28 Å². The molecular formula is C20H18ClN5O3. The van der Waals surface area contributed by atoms with Crippen molar-refractivity contribution in [2.45, 2.75) is 26.4 Å². The van der Waals surface area contributed by atoms with Gasteiger partial charge in [0.15, 0.2) is 11.4 Å². The van der Waals surface area contributed by atoms with E-state index in [0.29, 0.717) is 16.9 Å². The number of nitrogens with zero attached hydrogens (tertiary/aromatic N) is 4. The van der Waals surface area contributed by atoms with Gasteiger partial charge in [-0.05, 0) is 50.1 Å². The molecule has 0 bridgehead atoms. The van der Waals surface area contributed by atoms with E-state index in [1.54, 1.807) is 18.5 Å². The lowest BCUT2D eigenvalue weighted by atomic mass is 10.1. The van der Waals surface area contributed by atoms with E-state index < -0.39 is 11.7 Å². The lowest BCUT2D eigenvalue weighted by molar-refractivity contribution is 0.0514. The average molecular weight is 412 g/mol. The van der Waals surface area contributed by atoms with Crippen molar-refractivity contribution in [3.8, 4) is 11.1 Å². The molecule has 8 nitrogen and oxygen atoms in total. The van der Waals surface area contributed by atoms with Gasteiger partial charge in [0.1, 0.15) is 11.1 Å². The maximum Gasteiger partial charge on any atom is 0.435 e. The van der Waals surface area contributed by atoms with Crippen molar-refractivity contribution in [1.82, 2.24) is 19.7 Å². The van der Waals surface area contributed by atoms with E-state index in [2.05, 4.69) is 20.4 Å². The third-order valence-electron chi connectivity index (χ3n) is 3.92. The minimum absolute atomic E-state index is 0.132. The minimum Gasteiger partial charge on any atom is -0.459 e. The largest absolute Gasteiger partial charge is 0.459 e. The smallest absolute Gasteiger partial charge is 0.435 e. The molecule has 1 aromatic carbocycles. The van der Waals surface area contributed by atoms with E-state index in [1.165, 1.54) is 10.9 Å². The summed E-state index contributed by atoms with van der Waals surface area (Å²) in [4.78, 5) is 20.4. The fourth-order valence-corrected chi connectivity index (χ4v) is 2.86. The molecule has 0 fully saturated rings. The van der Waals surface area contributed by atoms with Gasteiger partial charge in [-0.25, -0.2) is 9.78 Å². The molecular weight excluding hydrogens is 394 g/mol. The second-order valence-corrected chi connectivity index (χ2v) is 7.67. The number of fused-ring (bicyclic) bond motifs is 1. The van der Waals surface area contributed by atoms with Crippen molar-refractivity contribution >= 4 is 40.3 Å². The summed E-state index contributed by atoms with van der Waals surface area (Å²) in [6.45, 7) is 5.42. The first-order valence-corrected chi connectivity index (χ1v) is 9.22. The summed E-state index contributed by atoms with van der Waals surface area (Å²) < 4.78 is 11.9. The van der Waals surface area contributed by atoms with Crippen molar-refractivity contribution in [2.24, 2.45) is 0 Å². The molecule has 0 spiro atoms. The summed E-state index contributed by atoms with van der Waals surface area (Å²) in [7, 11) is 0. The highest BCUT2D eigenvalue weighted by molar-refractivity contribution is 6.28. The van der Waals surface area contributed by atoms with Gasteiger partial charge in [0, 0.05) is 23.5 Å². The normalized spacial score (nSPS) is 11.6. The summed E-state index contributed by atoms with van der Waals surface area (Å²) in [5.41, 5.74) is 3.05. The molecule has 3 heterocycles. The van der Waals surface area contributed by atoms with Gasteiger partial charge in [-0.1, -0.05) is 12.1 Å². The Hall–Kier alpha value is -3.39. The number of benzene rings is 1. The molecule has 0 unspecified atom stereocenters. The predicted octanol–water partition coefficient (Wildman–Crippen LogP) is 5.27. The van der Waals surface area contributed by atoms with Gasteiger partial charge in [0.05, 0.1) is 12.5 Å². The van der Waals surface area contributed by atoms with Crippen LogP contribution in [0.2, 0.25) is 5.28 Å². The molecule has 0 aliphatic heterocycles. The van der Waals surface area contributed by atoms with Crippen LogP contribution in [0.3, 0.4) is 0 Å². The number of ether oxygens (including phenoxy) is 1. The van der Waals surface area contributed by atoms with Gasteiger partial charge in [0.25, 0.3) is 0 Å². The molecule has 29 heavy (non-hydrogen) atoms. The van der Waals surface area contributed by atoms with Crippen LogP contribution in [0.15, 0.2) is 53.4 Å². The molecule has 1 N–H and O–H groups in total. The number of hydrogen-bond acceptors (Lipinski definition) is 7. The van der Waals surface area contributed by atoms with Crippen LogP contribution in [0, 0.1) is 0 Å². The van der Waals surface area contributed by atoms with Crippen LogP contribution in [0.4, 0.5) is 16.3 Å². The number of carbonyl (C=O) groups excluding carboxylic acids is 1. The van der Waals surface area contributed by atoms with Gasteiger partial charge >= 0.3 is 6.09 Å². The second kappa shape index (κ2) is 7.21. The molecule has 0 saturated heterocycles. The Morgan fingerprint density at radius 1 is 1.14 bits per heavy atom. The monoisotopic (exact) mass is 411 g/mol. The molecule has 4 aromatic rings. The van der Waals surface area contributed by atoms with E-state index in [0.717, 1.165) is 16.8 Å². The number of rotatable bonds is 3. The summed E-state index contributed by atoms with van der Waals surface area (Å²) in [5, 5.41) is 7.40. The maximum absolute atomic E-state index is 12.1. The molecule has 0 radical (unpaired) electrons. The number of furan rings is 1. The third-order valence-corrected chi connectivity index (χ3v) is 4.09. The zero-order valence-electron chi connectivity index (χ0n) is 16.0. The van der Waals surface area contributed by atoms with Crippen LogP contribution in [0.25, 0.3) is 22.2 Å². The van der Waals surface area contributed by atoms with Crippen molar-refractivity contribution < 1.29 is 13.9 Å². The van der Waals surface area contributed by atoms with Crippen LogP contribution in [0.5, 0.6) is 0 Å². The number of carbonyl (C=O) groups is 1. The van der Waals surface area contributed by atoms with Crippen LogP contribution in [0.1, 0.15) is 20.8 Å². The molecule has 0 amide bonds. The number of halogens is 1. The second-order valence-electron chi connectivity index (χ2n) is 7.33. The number of nitrogens with one attached hydrogen (secondary N) is 1. The van der Waals surface area contributed by atoms with Crippen LogP contribution in [-0.4, -0.2) is 31.4 Å². The zero-order chi connectivity index (χ0) is 20.6. The third kappa shape index (κ3) is 4.22. The fraction of sp³-hybridized carbons (Fsp3) is 0.200. The summed E-state index contributed by atoms with van der Waals surface area (Å²) in [6, 6.07) is 9.29. The van der Waals surface area contributed by atoms with Gasteiger partial charge in [-0.3, -0.25) is 0 Å². The van der Waals surface area contributed by atoms with Crippen LogP contribution < -0.4 is 5.32 Å². The van der Waals surface area contributed by atoms with Gasteiger partial charge in [0.2, 0.25) is 5.28 Å². The lowest BCUT2D eigenvalue weighted by Gasteiger charge is -2.18. The Labute approximate surface area is 171 Å². The number of hydrogen-bond donors (Lipinski definition) is 1. The summed E-state index contributed by atoms with van der Waals surface area (Å²) >= 11 is 5.97. The Bertz CT molecular complexity index is 1180. The first-order chi connectivity index (χ1) is 13.8. The van der Waals surface area contributed by atoms with Crippen molar-refractivity contribution in [2.75, 3.05) is 5.32 Å². The highest BCUT2D eigenvalue weighted by atomic mass is 35.5. The predicted molar refractivity (Wildman–Crippen MR) is 109 cm³/mol. The quantitative estimate of drug-likeness (QED) is 0.459. The topological polar surface area (TPSA) is 95.1 Å². The Kier molecular flexibility index (Phi) is 4.71. The molecule has 0 atom stereocenters. The van der Waals surface area contributed by atoms with Gasteiger partial charge in [-0.15, -0.1) is 0 Å². The molecule has 0 saturated carbocycles. The van der Waals surface area contributed by atoms with E-state index >= 15 is 0 Å². The molecule has 3 aromatic heterocycles. The van der Waals surface area contributed by atoms with E-state index in [1.807, 2.05) is 45.0 Å². The summed E-state index contributed by atoms with van der Waals surface area (Å²) in [6.07, 6.45) is 4.26. The molecule has 148 valence electrons. The van der Waals surface area contributed by atoms with Gasteiger partial charge in [-0.2, -0.15) is 14.8 Å². The highest BCUT2D eigenvalue weighted by Gasteiger charge is 2.18. The average Bonchev–Trinajstić information content (AvgIpc) is 3.30. The SMILES string of the molecule is CC(C)(C)OC(=O)n1cc(-c2ccc(Nc3nc(Cl)nc4ccoc34)cc2)cn1. The Morgan fingerprint density at radius 2 is 1.90 bits per heavy atom. The van der Waals surface area contributed by atoms with E-state index in [4.69, 9.17) is 20.8 Å². The van der Waals surface area contributed by atoms with Crippen LogP contribution in [-0.2, 0) is 4.74 Å². The van der Waals surface area contributed by atoms with E-state index in [9.17, 15) is 4.79 Å². The standard InChI is InChI=1S/C20H18ClN5O3/c1-20(2,3)29-19(27)26-11-13(10-22-26)12-4-6-14(7-5-12)23-17-16-15(8-9-28-16)24-18(21)25-17/h4-11H,1-3H3,(H,23,24,25). The lowest BCUT2D eigenvalue weighted by Crippen LogP contribution is -2.27. The maximum atomic E-state index is 12.1. The minimum atomic E-state index is -0.584. The zero-order valence-corrected chi connectivity index (χ0v) is 16.8. The number of anilines is 2. The Balaban J connectivity index is 1.53. The first kappa shape index (κ1) is 18.9. The van der Waals surface area contributed by atoms with Crippen molar-refractivity contribution in [3.05, 3.63) is 54.3 Å².